The Balaban J connectivity index is 2.64. The van der Waals surface area contributed by atoms with E-state index in [0.717, 1.165) is 11.1 Å². The molecule has 0 saturated carbocycles. The van der Waals surface area contributed by atoms with Gasteiger partial charge in [0, 0.05) is 11.1 Å². The Hall–Kier alpha value is -1.35. The van der Waals surface area contributed by atoms with Crippen molar-refractivity contribution in [2.75, 3.05) is 7.11 Å². The van der Waals surface area contributed by atoms with Crippen molar-refractivity contribution in [1.82, 2.24) is 0 Å². The van der Waals surface area contributed by atoms with Crippen molar-refractivity contribution in [2.24, 2.45) is 0 Å². The minimum Gasteiger partial charge on any atom is -0.496 e. The number of rotatable bonds is 2. The first-order valence-corrected chi connectivity index (χ1v) is 6.02. The van der Waals surface area contributed by atoms with Crippen LogP contribution in [0.1, 0.15) is 5.56 Å². The standard InChI is InChI=1S/C14H12BrFO/c1-9-6-7-10(13(8-9)17-2)11-4-3-5-12(15)14(11)16/h3-8H,1-2H3. The van der Waals surface area contributed by atoms with E-state index in [-0.39, 0.29) is 5.82 Å². The second-order valence-electron chi connectivity index (χ2n) is 3.81. The Kier molecular flexibility index (Phi) is 3.48. The molecule has 0 heterocycles. The van der Waals surface area contributed by atoms with E-state index in [1.54, 1.807) is 19.2 Å². The van der Waals surface area contributed by atoms with Crippen LogP contribution in [0.3, 0.4) is 0 Å². The fraction of sp³-hybridized carbons (Fsp3) is 0.143. The molecule has 0 aromatic heterocycles. The highest BCUT2D eigenvalue weighted by Gasteiger charge is 2.12. The SMILES string of the molecule is COc1cc(C)ccc1-c1cccc(Br)c1F. The fourth-order valence-corrected chi connectivity index (χ4v) is 2.10. The fourth-order valence-electron chi connectivity index (χ4n) is 1.73. The van der Waals surface area contributed by atoms with E-state index in [1.165, 1.54) is 0 Å². The van der Waals surface area contributed by atoms with Gasteiger partial charge in [-0.15, -0.1) is 0 Å². The van der Waals surface area contributed by atoms with Crippen molar-refractivity contribution in [3.8, 4) is 16.9 Å². The van der Waals surface area contributed by atoms with Crippen molar-refractivity contribution >= 4 is 15.9 Å². The van der Waals surface area contributed by atoms with Crippen LogP contribution < -0.4 is 4.74 Å². The van der Waals surface area contributed by atoms with Crippen LogP contribution in [0, 0.1) is 12.7 Å². The zero-order chi connectivity index (χ0) is 12.4. The van der Waals surface area contributed by atoms with Gasteiger partial charge in [-0.3, -0.25) is 0 Å². The maximum absolute atomic E-state index is 14.0. The maximum atomic E-state index is 14.0. The smallest absolute Gasteiger partial charge is 0.145 e. The second kappa shape index (κ2) is 4.88. The van der Waals surface area contributed by atoms with E-state index in [1.807, 2.05) is 31.2 Å². The van der Waals surface area contributed by atoms with Crippen molar-refractivity contribution < 1.29 is 9.13 Å². The molecule has 88 valence electrons. The van der Waals surface area contributed by atoms with Crippen LogP contribution in [-0.4, -0.2) is 7.11 Å². The predicted molar refractivity (Wildman–Crippen MR) is 70.8 cm³/mol. The van der Waals surface area contributed by atoms with Gasteiger partial charge in [0.2, 0.25) is 0 Å². The van der Waals surface area contributed by atoms with Gasteiger partial charge in [-0.2, -0.15) is 0 Å². The Morgan fingerprint density at radius 3 is 2.59 bits per heavy atom. The largest absolute Gasteiger partial charge is 0.496 e. The highest BCUT2D eigenvalue weighted by molar-refractivity contribution is 9.10. The Bertz CT molecular complexity index is 552. The Morgan fingerprint density at radius 2 is 1.88 bits per heavy atom. The molecule has 2 rings (SSSR count). The number of methoxy groups -OCH3 is 1. The monoisotopic (exact) mass is 294 g/mol. The van der Waals surface area contributed by atoms with Gasteiger partial charge < -0.3 is 4.74 Å². The van der Waals surface area contributed by atoms with Gasteiger partial charge in [0.25, 0.3) is 0 Å². The van der Waals surface area contributed by atoms with E-state index < -0.39 is 0 Å². The first-order chi connectivity index (χ1) is 8.13. The average Bonchev–Trinajstić information content (AvgIpc) is 2.33. The Morgan fingerprint density at radius 1 is 1.12 bits per heavy atom. The summed E-state index contributed by atoms with van der Waals surface area (Å²) in [6.07, 6.45) is 0. The molecule has 2 aromatic rings. The summed E-state index contributed by atoms with van der Waals surface area (Å²) in [5.41, 5.74) is 2.38. The number of hydrogen-bond acceptors (Lipinski definition) is 1. The van der Waals surface area contributed by atoms with Crippen LogP contribution in [0.25, 0.3) is 11.1 Å². The third-order valence-electron chi connectivity index (χ3n) is 2.60. The van der Waals surface area contributed by atoms with E-state index in [9.17, 15) is 4.39 Å². The summed E-state index contributed by atoms with van der Waals surface area (Å²) in [5, 5.41) is 0. The van der Waals surface area contributed by atoms with Gasteiger partial charge in [-0.1, -0.05) is 24.3 Å². The quantitative estimate of drug-likeness (QED) is 0.788. The number of halogens is 2. The normalized spacial score (nSPS) is 10.4. The third-order valence-corrected chi connectivity index (χ3v) is 3.21. The van der Waals surface area contributed by atoms with Gasteiger partial charge in [-0.25, -0.2) is 4.39 Å². The predicted octanol–water partition coefficient (Wildman–Crippen LogP) is 4.57. The van der Waals surface area contributed by atoms with E-state index >= 15 is 0 Å². The first-order valence-electron chi connectivity index (χ1n) is 5.22. The van der Waals surface area contributed by atoms with Gasteiger partial charge in [0.1, 0.15) is 11.6 Å². The molecule has 0 N–H and O–H groups in total. The lowest BCUT2D eigenvalue weighted by atomic mass is 10.0. The molecule has 17 heavy (non-hydrogen) atoms. The molecule has 1 nitrogen and oxygen atoms in total. The summed E-state index contributed by atoms with van der Waals surface area (Å²) < 4.78 is 19.8. The number of benzene rings is 2. The van der Waals surface area contributed by atoms with Gasteiger partial charge >= 0.3 is 0 Å². The summed E-state index contributed by atoms with van der Waals surface area (Å²) in [7, 11) is 1.59. The molecule has 2 aromatic carbocycles. The number of hydrogen-bond donors (Lipinski definition) is 0. The lowest BCUT2D eigenvalue weighted by molar-refractivity contribution is 0.416. The summed E-state index contributed by atoms with van der Waals surface area (Å²) >= 11 is 3.19. The van der Waals surface area contributed by atoms with Gasteiger partial charge in [0.15, 0.2) is 0 Å². The summed E-state index contributed by atoms with van der Waals surface area (Å²) in [6, 6.07) is 10.9. The van der Waals surface area contributed by atoms with Gasteiger partial charge in [0.05, 0.1) is 11.6 Å². The van der Waals surface area contributed by atoms with Crippen molar-refractivity contribution in [3.05, 3.63) is 52.3 Å². The van der Waals surface area contributed by atoms with E-state index in [4.69, 9.17) is 4.74 Å². The Labute approximate surface area is 108 Å². The minimum absolute atomic E-state index is 0.269. The number of aryl methyl sites for hydroxylation is 1. The number of ether oxygens (including phenoxy) is 1. The second-order valence-corrected chi connectivity index (χ2v) is 4.66. The van der Waals surface area contributed by atoms with Crippen LogP contribution in [0.15, 0.2) is 40.9 Å². The van der Waals surface area contributed by atoms with Crippen LogP contribution in [0.4, 0.5) is 4.39 Å². The lowest BCUT2D eigenvalue weighted by Crippen LogP contribution is -1.91. The molecule has 3 heteroatoms. The molecule has 0 saturated heterocycles. The van der Waals surface area contributed by atoms with E-state index in [2.05, 4.69) is 15.9 Å². The molecular weight excluding hydrogens is 283 g/mol. The van der Waals surface area contributed by atoms with Crippen LogP contribution in [0.5, 0.6) is 5.75 Å². The molecule has 0 radical (unpaired) electrons. The topological polar surface area (TPSA) is 9.23 Å². The molecular formula is C14H12BrFO. The first kappa shape index (κ1) is 12.1. The molecule has 0 atom stereocenters. The molecule has 0 aliphatic rings. The molecule has 0 spiro atoms. The molecule has 0 unspecified atom stereocenters. The van der Waals surface area contributed by atoms with Crippen molar-refractivity contribution in [1.29, 1.82) is 0 Å². The molecule has 0 amide bonds. The summed E-state index contributed by atoms with van der Waals surface area (Å²) in [5.74, 6) is 0.414. The molecule has 0 bridgehead atoms. The van der Waals surface area contributed by atoms with Gasteiger partial charge in [-0.05, 0) is 40.5 Å². The molecule has 0 aliphatic carbocycles. The van der Waals surface area contributed by atoms with Crippen LogP contribution in [-0.2, 0) is 0 Å². The summed E-state index contributed by atoms with van der Waals surface area (Å²) in [6.45, 7) is 1.98. The highest BCUT2D eigenvalue weighted by atomic mass is 79.9. The highest BCUT2D eigenvalue weighted by Crippen LogP contribution is 2.34. The zero-order valence-corrected chi connectivity index (χ0v) is 11.2. The lowest BCUT2D eigenvalue weighted by Gasteiger charge is -2.11. The zero-order valence-electron chi connectivity index (χ0n) is 9.63. The average molecular weight is 295 g/mol. The van der Waals surface area contributed by atoms with Crippen LogP contribution in [0.2, 0.25) is 0 Å². The maximum Gasteiger partial charge on any atom is 0.145 e. The molecule has 0 fully saturated rings. The molecule has 0 aliphatic heterocycles. The third kappa shape index (κ3) is 2.34. The summed E-state index contributed by atoms with van der Waals surface area (Å²) in [4.78, 5) is 0. The van der Waals surface area contributed by atoms with E-state index in [0.29, 0.717) is 15.8 Å². The van der Waals surface area contributed by atoms with Crippen molar-refractivity contribution in [2.45, 2.75) is 6.92 Å². The van der Waals surface area contributed by atoms with Crippen LogP contribution >= 0.6 is 15.9 Å². The van der Waals surface area contributed by atoms with Crippen molar-refractivity contribution in [3.63, 3.8) is 0 Å². The minimum atomic E-state index is -0.269.